The van der Waals surface area contributed by atoms with E-state index < -0.39 is 15.9 Å². The van der Waals surface area contributed by atoms with Crippen LogP contribution in [0.4, 0.5) is 5.69 Å². The van der Waals surface area contributed by atoms with Gasteiger partial charge in [-0.2, -0.15) is 0 Å². The molecule has 1 aromatic carbocycles. The number of carbonyl (C=O) groups is 2. The summed E-state index contributed by atoms with van der Waals surface area (Å²) in [6.45, 7) is 5.81. The quantitative estimate of drug-likeness (QED) is 0.761. The molecule has 6 nitrogen and oxygen atoms in total. The first-order valence-corrected chi connectivity index (χ1v) is 9.18. The van der Waals surface area contributed by atoms with Crippen LogP contribution in [0.3, 0.4) is 0 Å². The fraction of sp³-hybridized carbons (Fsp3) is 0.500. The lowest BCUT2D eigenvalue weighted by Gasteiger charge is -2.09. The van der Waals surface area contributed by atoms with Gasteiger partial charge in [-0.15, -0.1) is 0 Å². The van der Waals surface area contributed by atoms with Crippen LogP contribution in [0.15, 0.2) is 29.2 Å². The molecular formula is C16H24N2O4S. The van der Waals surface area contributed by atoms with E-state index in [2.05, 4.69) is 5.32 Å². The summed E-state index contributed by atoms with van der Waals surface area (Å²) in [6.07, 6.45) is 2.03. The van der Waals surface area contributed by atoms with Gasteiger partial charge in [-0.3, -0.25) is 9.59 Å². The summed E-state index contributed by atoms with van der Waals surface area (Å²) in [5, 5.41) is 2.70. The third-order valence-corrected chi connectivity index (χ3v) is 4.44. The molecule has 0 fully saturated rings. The molecule has 0 saturated carbocycles. The lowest BCUT2D eigenvalue weighted by atomic mass is 10.1. The molecular weight excluding hydrogens is 316 g/mol. The van der Waals surface area contributed by atoms with Gasteiger partial charge in [0.2, 0.25) is 11.8 Å². The van der Waals surface area contributed by atoms with Crippen LogP contribution in [0.1, 0.15) is 46.5 Å². The van der Waals surface area contributed by atoms with E-state index in [-0.39, 0.29) is 23.1 Å². The van der Waals surface area contributed by atoms with Crippen molar-refractivity contribution in [1.82, 2.24) is 4.72 Å². The summed E-state index contributed by atoms with van der Waals surface area (Å²) in [5.41, 5.74) is 0.520. The van der Waals surface area contributed by atoms with E-state index in [4.69, 9.17) is 0 Å². The number of anilines is 1. The lowest BCUT2D eigenvalue weighted by Crippen LogP contribution is -2.30. The lowest BCUT2D eigenvalue weighted by molar-refractivity contribution is -0.119. The second kappa shape index (κ2) is 8.67. The van der Waals surface area contributed by atoms with Crippen molar-refractivity contribution in [2.24, 2.45) is 5.92 Å². The maximum Gasteiger partial charge on any atom is 0.264 e. The van der Waals surface area contributed by atoms with Gasteiger partial charge in [-0.25, -0.2) is 13.1 Å². The number of sulfonamides is 1. The van der Waals surface area contributed by atoms with Crippen LogP contribution >= 0.6 is 0 Å². The molecule has 0 saturated heterocycles. The van der Waals surface area contributed by atoms with E-state index in [0.29, 0.717) is 18.5 Å². The Hall–Kier alpha value is -1.89. The van der Waals surface area contributed by atoms with Gasteiger partial charge in [0.15, 0.2) is 0 Å². The molecule has 1 rings (SSSR count). The highest BCUT2D eigenvalue weighted by atomic mass is 32.2. The average Bonchev–Trinajstić information content (AvgIpc) is 2.44. The van der Waals surface area contributed by atoms with E-state index >= 15 is 0 Å². The molecule has 0 heterocycles. The Morgan fingerprint density at radius 1 is 1.09 bits per heavy atom. The summed E-state index contributed by atoms with van der Waals surface area (Å²) in [7, 11) is -3.87. The predicted molar refractivity (Wildman–Crippen MR) is 89.4 cm³/mol. The number of hydrogen-bond donors (Lipinski definition) is 2. The van der Waals surface area contributed by atoms with Crippen LogP contribution in [-0.2, 0) is 19.6 Å². The summed E-state index contributed by atoms with van der Waals surface area (Å²) in [6, 6.07) is 5.73. The highest BCUT2D eigenvalue weighted by Gasteiger charge is 2.17. The Kier molecular flexibility index (Phi) is 7.22. The van der Waals surface area contributed by atoms with E-state index in [1.54, 1.807) is 0 Å². The van der Waals surface area contributed by atoms with Crippen LogP contribution in [0.5, 0.6) is 0 Å². The van der Waals surface area contributed by atoms with Crippen molar-refractivity contribution in [3.8, 4) is 0 Å². The highest BCUT2D eigenvalue weighted by Crippen LogP contribution is 2.15. The Morgan fingerprint density at radius 2 is 1.70 bits per heavy atom. The molecule has 2 N–H and O–H groups in total. The van der Waals surface area contributed by atoms with Crippen molar-refractivity contribution in [1.29, 1.82) is 0 Å². The zero-order chi connectivity index (χ0) is 17.5. The molecule has 7 heteroatoms. The van der Waals surface area contributed by atoms with E-state index in [9.17, 15) is 18.0 Å². The van der Waals surface area contributed by atoms with E-state index in [1.807, 2.05) is 25.5 Å². The van der Waals surface area contributed by atoms with Crippen LogP contribution in [0.2, 0.25) is 0 Å². The zero-order valence-corrected chi connectivity index (χ0v) is 14.6. The summed E-state index contributed by atoms with van der Waals surface area (Å²) < 4.78 is 26.2. The number of hydrogen-bond acceptors (Lipinski definition) is 4. The fourth-order valence-electron chi connectivity index (χ4n) is 1.90. The largest absolute Gasteiger partial charge is 0.326 e. The minimum Gasteiger partial charge on any atom is -0.326 e. The molecule has 23 heavy (non-hydrogen) atoms. The third-order valence-electron chi connectivity index (χ3n) is 3.05. The van der Waals surface area contributed by atoms with Gasteiger partial charge in [-0.05, 0) is 36.6 Å². The molecule has 0 atom stereocenters. The van der Waals surface area contributed by atoms with Crippen molar-refractivity contribution in [2.45, 2.75) is 51.3 Å². The van der Waals surface area contributed by atoms with Crippen LogP contribution < -0.4 is 10.0 Å². The van der Waals surface area contributed by atoms with Gasteiger partial charge in [0.25, 0.3) is 10.0 Å². The average molecular weight is 340 g/mol. The van der Waals surface area contributed by atoms with Gasteiger partial charge in [-0.1, -0.05) is 27.2 Å². The third kappa shape index (κ3) is 6.81. The van der Waals surface area contributed by atoms with Crippen molar-refractivity contribution in [3.63, 3.8) is 0 Å². The Morgan fingerprint density at radius 3 is 2.22 bits per heavy atom. The predicted octanol–water partition coefficient (Wildman–Crippen LogP) is 2.67. The summed E-state index contributed by atoms with van der Waals surface area (Å²) in [4.78, 5) is 23.2. The van der Waals surface area contributed by atoms with Gasteiger partial charge in [0.1, 0.15) is 0 Å². The molecule has 0 bridgehead atoms. The number of benzene rings is 1. The number of carbonyl (C=O) groups excluding carboxylic acids is 2. The normalized spacial score (nSPS) is 11.3. The number of nitrogens with one attached hydrogen (secondary N) is 2. The first-order chi connectivity index (χ1) is 10.7. The SMILES string of the molecule is CCCCC(=O)NS(=O)(=O)c1ccc(NC(=O)CC(C)C)cc1. The molecule has 0 aliphatic heterocycles. The second-order valence-electron chi connectivity index (χ2n) is 5.80. The van der Waals surface area contributed by atoms with Gasteiger partial charge in [0.05, 0.1) is 4.90 Å². The zero-order valence-electron chi connectivity index (χ0n) is 13.8. The van der Waals surface area contributed by atoms with Crippen LogP contribution in [0.25, 0.3) is 0 Å². The smallest absolute Gasteiger partial charge is 0.264 e. The number of amides is 2. The van der Waals surface area contributed by atoms with Gasteiger partial charge >= 0.3 is 0 Å². The first-order valence-electron chi connectivity index (χ1n) is 7.70. The maximum atomic E-state index is 12.1. The minimum atomic E-state index is -3.87. The molecule has 0 aromatic heterocycles. The summed E-state index contributed by atoms with van der Waals surface area (Å²) >= 11 is 0. The molecule has 0 aliphatic carbocycles. The monoisotopic (exact) mass is 340 g/mol. The Balaban J connectivity index is 2.71. The van der Waals surface area contributed by atoms with Crippen molar-refractivity contribution < 1.29 is 18.0 Å². The van der Waals surface area contributed by atoms with E-state index in [0.717, 1.165) is 6.42 Å². The van der Waals surface area contributed by atoms with Crippen LogP contribution in [0, 0.1) is 5.92 Å². The Bertz CT molecular complexity index is 637. The highest BCUT2D eigenvalue weighted by molar-refractivity contribution is 7.90. The van der Waals surface area contributed by atoms with Gasteiger partial charge in [0, 0.05) is 18.5 Å². The summed E-state index contributed by atoms with van der Waals surface area (Å²) in [5.74, 6) is -0.391. The van der Waals surface area contributed by atoms with Crippen LogP contribution in [-0.4, -0.2) is 20.2 Å². The topological polar surface area (TPSA) is 92.3 Å². The molecule has 0 spiro atoms. The van der Waals surface area contributed by atoms with Crippen molar-refractivity contribution in [2.75, 3.05) is 5.32 Å². The number of unbranched alkanes of at least 4 members (excludes halogenated alkanes) is 1. The second-order valence-corrected chi connectivity index (χ2v) is 7.49. The number of rotatable bonds is 8. The van der Waals surface area contributed by atoms with Crippen molar-refractivity contribution in [3.05, 3.63) is 24.3 Å². The van der Waals surface area contributed by atoms with Crippen molar-refractivity contribution >= 4 is 27.5 Å². The molecule has 0 radical (unpaired) electrons. The minimum absolute atomic E-state index is 0.00999. The molecule has 1 aromatic rings. The standard InChI is InChI=1S/C16H24N2O4S/c1-4-5-6-15(19)18-23(21,22)14-9-7-13(8-10-14)17-16(20)11-12(2)3/h7-10,12H,4-6,11H2,1-3H3,(H,17,20)(H,18,19). The first kappa shape index (κ1) is 19.2. The molecule has 0 aliphatic rings. The van der Waals surface area contributed by atoms with E-state index in [1.165, 1.54) is 24.3 Å². The molecule has 2 amide bonds. The molecule has 0 unspecified atom stereocenters. The maximum absolute atomic E-state index is 12.1. The van der Waals surface area contributed by atoms with Gasteiger partial charge < -0.3 is 5.32 Å². The fourth-order valence-corrected chi connectivity index (χ4v) is 2.91. The molecule has 128 valence electrons. The Labute approximate surface area is 137 Å².